The van der Waals surface area contributed by atoms with E-state index < -0.39 is 24.8 Å². The minimum atomic E-state index is -4.47. The molecule has 1 aliphatic rings. The van der Waals surface area contributed by atoms with E-state index in [0.29, 0.717) is 5.56 Å². The summed E-state index contributed by atoms with van der Waals surface area (Å²) in [4.78, 5) is 0. The molecule has 19 heavy (non-hydrogen) atoms. The predicted molar refractivity (Wildman–Crippen MR) is 64.0 cm³/mol. The van der Waals surface area contributed by atoms with Gasteiger partial charge >= 0.3 is 6.18 Å². The Morgan fingerprint density at radius 2 is 1.84 bits per heavy atom. The molecule has 5 heteroatoms. The SMILES string of the molecule is O[C@H]1C[C@@H](C(F)(F)F)Oc2ccc3ccccc3c21. The zero-order chi connectivity index (χ0) is 13.6. The van der Waals surface area contributed by atoms with Gasteiger partial charge in [-0.15, -0.1) is 0 Å². The van der Waals surface area contributed by atoms with Crippen LogP contribution in [-0.4, -0.2) is 17.4 Å². The molecule has 3 rings (SSSR count). The van der Waals surface area contributed by atoms with Gasteiger partial charge in [-0.3, -0.25) is 0 Å². The molecule has 0 aromatic heterocycles. The maximum Gasteiger partial charge on any atom is 0.425 e. The fraction of sp³-hybridized carbons (Fsp3) is 0.286. The maximum atomic E-state index is 12.7. The highest BCUT2D eigenvalue weighted by atomic mass is 19.4. The second-order valence-corrected chi connectivity index (χ2v) is 4.60. The summed E-state index contributed by atoms with van der Waals surface area (Å²) in [5, 5.41) is 11.6. The van der Waals surface area contributed by atoms with Gasteiger partial charge in [-0.05, 0) is 16.8 Å². The maximum absolute atomic E-state index is 12.7. The smallest absolute Gasteiger partial charge is 0.425 e. The first-order valence-corrected chi connectivity index (χ1v) is 5.90. The highest BCUT2D eigenvalue weighted by molar-refractivity contribution is 5.88. The van der Waals surface area contributed by atoms with Gasteiger partial charge < -0.3 is 9.84 Å². The topological polar surface area (TPSA) is 29.5 Å². The molecule has 2 aromatic carbocycles. The van der Waals surface area contributed by atoms with Crippen LogP contribution >= 0.6 is 0 Å². The third-order valence-electron chi connectivity index (χ3n) is 3.34. The summed E-state index contributed by atoms with van der Waals surface area (Å²) >= 11 is 0. The van der Waals surface area contributed by atoms with E-state index in [9.17, 15) is 18.3 Å². The van der Waals surface area contributed by atoms with Crippen LogP contribution in [0.3, 0.4) is 0 Å². The highest BCUT2D eigenvalue weighted by Crippen LogP contribution is 2.43. The lowest BCUT2D eigenvalue weighted by atomic mass is 9.93. The molecule has 2 aromatic rings. The van der Waals surface area contributed by atoms with Crippen LogP contribution in [0.1, 0.15) is 18.1 Å². The molecule has 2 atom stereocenters. The van der Waals surface area contributed by atoms with Crippen LogP contribution in [0.25, 0.3) is 10.8 Å². The van der Waals surface area contributed by atoms with E-state index in [4.69, 9.17) is 4.74 Å². The van der Waals surface area contributed by atoms with E-state index in [2.05, 4.69) is 0 Å². The largest absolute Gasteiger partial charge is 0.480 e. The van der Waals surface area contributed by atoms with Gasteiger partial charge in [0.25, 0.3) is 0 Å². The standard InChI is InChI=1S/C14H11F3O2/c15-14(16,17)12-7-10(18)13-9-4-2-1-3-8(9)5-6-11(13)19-12/h1-6,10,12,18H,7H2/t10-,12-/m0/s1. The number of ether oxygens (including phenoxy) is 1. The minimum absolute atomic E-state index is 0.111. The van der Waals surface area contributed by atoms with Gasteiger partial charge in [0, 0.05) is 12.0 Å². The Labute approximate surface area is 107 Å². The summed E-state index contributed by atoms with van der Waals surface area (Å²) in [6.45, 7) is 0. The normalized spacial score (nSPS) is 22.9. The molecule has 0 saturated carbocycles. The number of aliphatic hydroxyl groups is 1. The Morgan fingerprint density at radius 1 is 1.11 bits per heavy atom. The molecule has 0 unspecified atom stereocenters. The number of rotatable bonds is 0. The zero-order valence-corrected chi connectivity index (χ0v) is 9.82. The van der Waals surface area contributed by atoms with Gasteiger partial charge in [0.2, 0.25) is 0 Å². The van der Waals surface area contributed by atoms with Crippen molar-refractivity contribution in [1.82, 2.24) is 0 Å². The number of hydrogen-bond acceptors (Lipinski definition) is 2. The molecule has 0 spiro atoms. The fourth-order valence-corrected chi connectivity index (χ4v) is 2.44. The number of aliphatic hydroxyl groups excluding tert-OH is 1. The van der Waals surface area contributed by atoms with Gasteiger partial charge in [0.05, 0.1) is 6.10 Å². The molecule has 0 saturated heterocycles. The van der Waals surface area contributed by atoms with E-state index >= 15 is 0 Å². The molecule has 1 heterocycles. The Bertz CT molecular complexity index is 622. The van der Waals surface area contributed by atoms with Gasteiger partial charge in [-0.2, -0.15) is 13.2 Å². The van der Waals surface area contributed by atoms with Crippen molar-refractivity contribution in [3.8, 4) is 5.75 Å². The van der Waals surface area contributed by atoms with Crippen LogP contribution in [0.15, 0.2) is 36.4 Å². The van der Waals surface area contributed by atoms with Crippen LogP contribution in [0.5, 0.6) is 5.75 Å². The van der Waals surface area contributed by atoms with Gasteiger partial charge in [-0.25, -0.2) is 0 Å². The van der Waals surface area contributed by atoms with E-state index in [1.165, 1.54) is 6.07 Å². The summed E-state index contributed by atoms with van der Waals surface area (Å²) in [7, 11) is 0. The Morgan fingerprint density at radius 3 is 2.58 bits per heavy atom. The monoisotopic (exact) mass is 268 g/mol. The lowest BCUT2D eigenvalue weighted by Crippen LogP contribution is -2.38. The molecular weight excluding hydrogens is 257 g/mol. The number of fused-ring (bicyclic) bond motifs is 3. The van der Waals surface area contributed by atoms with Crippen molar-refractivity contribution in [2.24, 2.45) is 0 Å². The Balaban J connectivity index is 2.13. The number of halogens is 3. The molecule has 2 nitrogen and oxygen atoms in total. The number of alkyl halides is 3. The third-order valence-corrected chi connectivity index (χ3v) is 3.34. The molecule has 0 radical (unpaired) electrons. The molecule has 1 N–H and O–H groups in total. The van der Waals surface area contributed by atoms with E-state index in [1.54, 1.807) is 18.2 Å². The molecule has 100 valence electrons. The van der Waals surface area contributed by atoms with Crippen molar-refractivity contribution < 1.29 is 23.0 Å². The molecule has 0 aliphatic carbocycles. The van der Waals surface area contributed by atoms with Gasteiger partial charge in [0.1, 0.15) is 5.75 Å². The quantitative estimate of drug-likeness (QED) is 0.791. The van der Waals surface area contributed by atoms with E-state index in [1.807, 2.05) is 12.1 Å². The third kappa shape index (κ3) is 2.04. The van der Waals surface area contributed by atoms with Crippen molar-refractivity contribution in [2.45, 2.75) is 24.8 Å². The second kappa shape index (κ2) is 4.13. The van der Waals surface area contributed by atoms with Gasteiger partial charge in [0.15, 0.2) is 6.10 Å². The minimum Gasteiger partial charge on any atom is -0.480 e. The van der Waals surface area contributed by atoms with Crippen LogP contribution in [-0.2, 0) is 0 Å². The first kappa shape index (κ1) is 12.3. The highest BCUT2D eigenvalue weighted by Gasteiger charge is 2.46. The average Bonchev–Trinajstić information content (AvgIpc) is 2.37. The molecule has 0 bridgehead atoms. The van der Waals surface area contributed by atoms with Gasteiger partial charge in [-0.1, -0.05) is 30.3 Å². The Kier molecular flexibility index (Phi) is 2.67. The number of hydrogen-bond donors (Lipinski definition) is 1. The molecule has 0 fully saturated rings. The van der Waals surface area contributed by atoms with Crippen molar-refractivity contribution >= 4 is 10.8 Å². The summed E-state index contributed by atoms with van der Waals surface area (Å²) in [6.07, 6.45) is -8.05. The lowest BCUT2D eigenvalue weighted by molar-refractivity contribution is -0.206. The van der Waals surface area contributed by atoms with Crippen molar-refractivity contribution in [3.63, 3.8) is 0 Å². The van der Waals surface area contributed by atoms with Crippen LogP contribution in [0.2, 0.25) is 0 Å². The first-order valence-electron chi connectivity index (χ1n) is 5.90. The molecule has 0 amide bonds. The Hall–Kier alpha value is -1.75. The predicted octanol–water partition coefficient (Wildman–Crippen LogP) is 3.59. The van der Waals surface area contributed by atoms with Crippen molar-refractivity contribution in [2.75, 3.05) is 0 Å². The fourth-order valence-electron chi connectivity index (χ4n) is 2.44. The summed E-state index contributed by atoms with van der Waals surface area (Å²) in [5.41, 5.74) is 0.443. The summed E-state index contributed by atoms with van der Waals surface area (Å²) in [5.74, 6) is 0.111. The van der Waals surface area contributed by atoms with Crippen molar-refractivity contribution in [1.29, 1.82) is 0 Å². The zero-order valence-electron chi connectivity index (χ0n) is 9.82. The van der Waals surface area contributed by atoms with Crippen LogP contribution in [0, 0.1) is 0 Å². The molecule has 1 aliphatic heterocycles. The van der Waals surface area contributed by atoms with Crippen molar-refractivity contribution in [3.05, 3.63) is 42.0 Å². The first-order chi connectivity index (χ1) is 8.97. The van der Waals surface area contributed by atoms with Crippen LogP contribution in [0.4, 0.5) is 13.2 Å². The average molecular weight is 268 g/mol. The number of benzene rings is 2. The van der Waals surface area contributed by atoms with Crippen LogP contribution < -0.4 is 4.74 Å². The van der Waals surface area contributed by atoms with E-state index in [0.717, 1.165) is 10.8 Å². The molecular formula is C14H11F3O2. The summed E-state index contributed by atoms with van der Waals surface area (Å²) < 4.78 is 43.0. The summed E-state index contributed by atoms with van der Waals surface area (Å²) in [6, 6.07) is 10.4. The lowest BCUT2D eigenvalue weighted by Gasteiger charge is -2.31. The second-order valence-electron chi connectivity index (χ2n) is 4.60. The van der Waals surface area contributed by atoms with E-state index in [-0.39, 0.29) is 5.75 Å².